The topological polar surface area (TPSA) is 122 Å². The van der Waals surface area contributed by atoms with Crippen LogP contribution in [0.4, 0.5) is 19.7 Å². The summed E-state index contributed by atoms with van der Waals surface area (Å²) in [6.07, 6.45) is 5.70. The third-order valence-electron chi connectivity index (χ3n) is 7.15. The molecule has 0 bridgehead atoms. The number of hydrogen-bond donors (Lipinski definition) is 2. The lowest BCUT2D eigenvalue weighted by Crippen LogP contribution is -2.42. The van der Waals surface area contributed by atoms with Crippen LogP contribution in [0.25, 0.3) is 0 Å². The summed E-state index contributed by atoms with van der Waals surface area (Å²) < 4.78 is 55.9. The van der Waals surface area contributed by atoms with E-state index in [4.69, 9.17) is 5.73 Å². The van der Waals surface area contributed by atoms with Crippen molar-refractivity contribution in [2.75, 3.05) is 43.8 Å². The highest BCUT2D eigenvalue weighted by Crippen LogP contribution is 2.31. The Balaban J connectivity index is 0.00000370. The molecular weight excluding hydrogens is 582 g/mol. The van der Waals surface area contributed by atoms with Crippen molar-refractivity contribution in [3.05, 3.63) is 64.3 Å². The summed E-state index contributed by atoms with van der Waals surface area (Å²) in [5.74, 6) is -2.93. The van der Waals surface area contributed by atoms with Gasteiger partial charge in [0.25, 0.3) is 0 Å². The average molecular weight is 613 g/mol. The van der Waals surface area contributed by atoms with Gasteiger partial charge in [0.2, 0.25) is 15.8 Å². The van der Waals surface area contributed by atoms with E-state index in [0.717, 1.165) is 55.2 Å². The van der Waals surface area contributed by atoms with Gasteiger partial charge < -0.3 is 16.0 Å². The number of carbonyl (C=O) groups is 1. The van der Waals surface area contributed by atoms with Gasteiger partial charge in [-0.1, -0.05) is 17.4 Å². The molecule has 2 saturated heterocycles. The lowest BCUT2D eigenvalue weighted by atomic mass is 10.1. The first-order chi connectivity index (χ1) is 18.7. The third kappa shape index (κ3) is 6.60. The number of carbonyl (C=O) groups excluding carboxylic acids is 1. The van der Waals surface area contributed by atoms with Gasteiger partial charge in [0.15, 0.2) is 5.13 Å². The molecule has 0 radical (unpaired) electrons. The van der Waals surface area contributed by atoms with Gasteiger partial charge in [-0.05, 0) is 63.0 Å². The van der Waals surface area contributed by atoms with Crippen molar-refractivity contribution < 1.29 is 22.0 Å². The second kappa shape index (κ2) is 12.9. The van der Waals surface area contributed by atoms with Crippen LogP contribution in [0, 0.1) is 11.6 Å². The normalized spacial score (nSPS) is 17.1. The smallest absolute Gasteiger partial charge is 0.244 e. The van der Waals surface area contributed by atoms with Gasteiger partial charge in [0.05, 0.1) is 5.56 Å². The Morgan fingerprint density at radius 1 is 1.07 bits per heavy atom. The number of aromatic nitrogens is 2. The van der Waals surface area contributed by atoms with E-state index in [1.807, 2.05) is 0 Å². The zero-order valence-electron chi connectivity index (χ0n) is 21.7. The highest BCUT2D eigenvalue weighted by Gasteiger charge is 2.31. The second-order valence-corrected chi connectivity index (χ2v) is 12.7. The molecule has 3 aromatic rings. The average Bonchev–Trinajstić information content (AvgIpc) is 3.57. The predicted molar refractivity (Wildman–Crippen MR) is 153 cm³/mol. The predicted octanol–water partition coefficient (Wildman–Crippen LogP) is 3.95. The maximum atomic E-state index is 14.1. The summed E-state index contributed by atoms with van der Waals surface area (Å²) in [5.41, 5.74) is 6.09. The fourth-order valence-electron chi connectivity index (χ4n) is 4.94. The van der Waals surface area contributed by atoms with Gasteiger partial charge in [-0.2, -0.15) is 4.31 Å². The Bertz CT molecular complexity index is 1420. The van der Waals surface area contributed by atoms with E-state index in [1.54, 1.807) is 12.1 Å². The van der Waals surface area contributed by atoms with Crippen LogP contribution >= 0.6 is 23.7 Å². The first-order valence-corrected chi connectivity index (χ1v) is 15.2. The van der Waals surface area contributed by atoms with E-state index < -0.39 is 33.0 Å². The number of pyridine rings is 1. The van der Waals surface area contributed by atoms with Crippen LogP contribution in [-0.2, 0) is 16.4 Å². The van der Waals surface area contributed by atoms with Crippen LogP contribution in [0.5, 0.6) is 0 Å². The molecule has 14 heteroatoms. The molecule has 0 unspecified atom stereocenters. The number of hydrogen-bond acceptors (Lipinski definition) is 9. The molecule has 40 heavy (non-hydrogen) atoms. The number of piperidine rings is 1. The molecule has 216 valence electrons. The molecule has 5 rings (SSSR count). The summed E-state index contributed by atoms with van der Waals surface area (Å²) >= 11 is 0.917. The first kappa shape index (κ1) is 30.3. The minimum atomic E-state index is -3.67. The minimum Gasteiger partial charge on any atom is -0.382 e. The SMILES string of the molecule is Cl.Nc1nc(NC2CCN(S(=O)(=O)c3ccc(CCN4CCCC4)nc3)CC2)sc1C(=O)c1c(F)cccc1F. The van der Waals surface area contributed by atoms with E-state index in [9.17, 15) is 22.0 Å². The zero-order valence-corrected chi connectivity index (χ0v) is 24.1. The molecule has 2 aromatic heterocycles. The summed E-state index contributed by atoms with van der Waals surface area (Å²) in [6, 6.07) is 6.50. The maximum absolute atomic E-state index is 14.1. The number of likely N-dealkylation sites (tertiary alicyclic amines) is 1. The van der Waals surface area contributed by atoms with Gasteiger partial charge >= 0.3 is 0 Å². The molecule has 2 fully saturated rings. The van der Waals surface area contributed by atoms with Gasteiger partial charge in [-0.15, -0.1) is 12.4 Å². The molecule has 2 aliphatic rings. The zero-order chi connectivity index (χ0) is 27.6. The highest BCUT2D eigenvalue weighted by molar-refractivity contribution is 7.89. The molecule has 0 saturated carbocycles. The summed E-state index contributed by atoms with van der Waals surface area (Å²) in [4.78, 5) is 23.8. The van der Waals surface area contributed by atoms with Crippen molar-refractivity contribution in [1.29, 1.82) is 0 Å². The van der Waals surface area contributed by atoms with E-state index >= 15 is 0 Å². The van der Waals surface area contributed by atoms with Crippen LogP contribution in [0.1, 0.15) is 46.6 Å². The largest absolute Gasteiger partial charge is 0.382 e. The first-order valence-electron chi connectivity index (χ1n) is 12.9. The molecule has 3 N–H and O–H groups in total. The van der Waals surface area contributed by atoms with Crippen molar-refractivity contribution >= 4 is 50.5 Å². The fraction of sp³-hybridized carbons (Fsp3) is 0.423. The number of nitrogens with one attached hydrogen (secondary N) is 1. The summed E-state index contributed by atoms with van der Waals surface area (Å²) in [7, 11) is -3.67. The Labute approximate surface area is 242 Å². The third-order valence-corrected chi connectivity index (χ3v) is 10.0. The fourth-order valence-corrected chi connectivity index (χ4v) is 7.26. The van der Waals surface area contributed by atoms with Gasteiger partial charge in [-0.3, -0.25) is 9.78 Å². The number of benzene rings is 1. The Hall–Kier alpha value is -2.71. The Kier molecular flexibility index (Phi) is 9.72. The maximum Gasteiger partial charge on any atom is 0.244 e. The van der Waals surface area contributed by atoms with E-state index in [0.29, 0.717) is 31.1 Å². The second-order valence-electron chi connectivity index (χ2n) is 9.77. The lowest BCUT2D eigenvalue weighted by Gasteiger charge is -2.31. The Morgan fingerprint density at radius 2 is 1.75 bits per heavy atom. The van der Waals surface area contributed by atoms with E-state index in [-0.39, 0.29) is 34.0 Å². The van der Waals surface area contributed by atoms with Crippen LogP contribution in [0.2, 0.25) is 0 Å². The van der Waals surface area contributed by atoms with Crippen LogP contribution in [0.3, 0.4) is 0 Å². The molecule has 2 aliphatic heterocycles. The highest BCUT2D eigenvalue weighted by atomic mass is 35.5. The van der Waals surface area contributed by atoms with Crippen molar-refractivity contribution in [1.82, 2.24) is 19.2 Å². The number of sulfonamides is 1. The summed E-state index contributed by atoms with van der Waals surface area (Å²) in [6.45, 7) is 3.74. The number of nitrogens with two attached hydrogens (primary N) is 1. The number of nitrogen functional groups attached to an aromatic ring is 1. The standard InChI is InChI=1S/C26H30F2N6O3S2.ClH/c27-20-4-3-5-21(28)22(20)23(35)24-25(29)32-26(38-24)31-18-9-14-34(15-10-18)39(36,37)19-7-6-17(30-16-19)8-13-33-11-1-2-12-33;/h3-7,16,18H,1-2,8-15,29H2,(H,31,32);1H. The molecule has 4 heterocycles. The lowest BCUT2D eigenvalue weighted by molar-refractivity contribution is 0.103. The van der Waals surface area contributed by atoms with E-state index in [1.165, 1.54) is 29.4 Å². The monoisotopic (exact) mass is 612 g/mol. The number of thiazole rings is 1. The van der Waals surface area contributed by atoms with Crippen molar-refractivity contribution in [2.45, 2.75) is 43.0 Å². The summed E-state index contributed by atoms with van der Waals surface area (Å²) in [5, 5.41) is 3.52. The van der Waals surface area contributed by atoms with Crippen molar-refractivity contribution in [3.63, 3.8) is 0 Å². The number of nitrogens with zero attached hydrogens (tertiary/aromatic N) is 4. The van der Waals surface area contributed by atoms with Crippen molar-refractivity contribution in [3.8, 4) is 0 Å². The molecule has 9 nitrogen and oxygen atoms in total. The van der Waals surface area contributed by atoms with Gasteiger partial charge in [0, 0.05) is 44.0 Å². The van der Waals surface area contributed by atoms with E-state index in [2.05, 4.69) is 20.2 Å². The van der Waals surface area contributed by atoms with Crippen LogP contribution in [0.15, 0.2) is 41.4 Å². The number of ketones is 1. The number of rotatable bonds is 9. The van der Waals surface area contributed by atoms with Crippen LogP contribution in [-0.4, -0.2) is 72.1 Å². The Morgan fingerprint density at radius 3 is 2.38 bits per heavy atom. The van der Waals surface area contributed by atoms with Gasteiger partial charge in [0.1, 0.15) is 27.2 Å². The minimum absolute atomic E-state index is 0. The molecule has 0 atom stereocenters. The molecule has 1 aromatic carbocycles. The molecule has 0 amide bonds. The molecular formula is C26H31ClF2N6O3S2. The number of halogens is 3. The number of anilines is 2. The quantitative estimate of drug-likeness (QED) is 0.349. The molecule has 0 aliphatic carbocycles. The van der Waals surface area contributed by atoms with Crippen molar-refractivity contribution in [2.24, 2.45) is 0 Å². The molecule has 0 spiro atoms. The van der Waals surface area contributed by atoms with Crippen LogP contribution < -0.4 is 11.1 Å². The van der Waals surface area contributed by atoms with Gasteiger partial charge in [-0.25, -0.2) is 22.2 Å².